The van der Waals surface area contributed by atoms with Gasteiger partial charge in [-0.1, -0.05) is 6.07 Å². The van der Waals surface area contributed by atoms with Crippen molar-refractivity contribution in [2.75, 3.05) is 7.11 Å². The van der Waals surface area contributed by atoms with E-state index >= 15 is 0 Å². The van der Waals surface area contributed by atoms with Crippen molar-refractivity contribution in [2.45, 2.75) is 5.75 Å². The van der Waals surface area contributed by atoms with Crippen molar-refractivity contribution in [3.63, 3.8) is 0 Å². The second kappa shape index (κ2) is 3.91. The second-order valence-corrected chi connectivity index (χ2v) is 3.97. The molecule has 3 nitrogen and oxygen atoms in total. The normalized spacial score (nSPS) is 11.4. The summed E-state index contributed by atoms with van der Waals surface area (Å²) in [7, 11) is -3.50. The van der Waals surface area contributed by atoms with Crippen LogP contribution in [0.15, 0.2) is 18.2 Å². The van der Waals surface area contributed by atoms with Crippen LogP contribution < -0.4 is 4.74 Å². The lowest BCUT2D eigenvalue weighted by molar-refractivity contribution is 0.405. The smallest absolute Gasteiger partial charge is 0.306 e. The summed E-state index contributed by atoms with van der Waals surface area (Å²) in [5, 5.41) is 0. The maximum Gasteiger partial charge on any atom is 0.306 e. The molecule has 0 N–H and O–H groups in total. The van der Waals surface area contributed by atoms with Gasteiger partial charge in [-0.25, -0.2) is 4.39 Å². The number of halogens is 2. The Morgan fingerprint density at radius 3 is 2.57 bits per heavy atom. The molecule has 0 aliphatic carbocycles. The first-order valence-corrected chi connectivity index (χ1v) is 5.23. The molecule has 0 fully saturated rings. The Labute approximate surface area is 80.5 Å². The summed E-state index contributed by atoms with van der Waals surface area (Å²) in [5.41, 5.74) is -0.294. The lowest BCUT2D eigenvalue weighted by atomic mass is 10.2. The fourth-order valence-electron chi connectivity index (χ4n) is 1.04. The Morgan fingerprint density at radius 2 is 2.07 bits per heavy atom. The van der Waals surface area contributed by atoms with Crippen molar-refractivity contribution in [2.24, 2.45) is 0 Å². The van der Waals surface area contributed by atoms with Crippen molar-refractivity contribution < 1.29 is 21.4 Å². The summed E-state index contributed by atoms with van der Waals surface area (Å²) >= 11 is 0. The zero-order valence-electron chi connectivity index (χ0n) is 7.33. The van der Waals surface area contributed by atoms with Gasteiger partial charge in [0.2, 0.25) is 0 Å². The van der Waals surface area contributed by atoms with Crippen LogP contribution in [0.25, 0.3) is 0 Å². The lowest BCUT2D eigenvalue weighted by Gasteiger charge is -2.06. The van der Waals surface area contributed by atoms with Crippen molar-refractivity contribution >= 4 is 10.2 Å². The number of ether oxygens (including phenoxy) is 1. The molecule has 6 heteroatoms. The molecule has 0 saturated carbocycles. The highest BCUT2D eigenvalue weighted by molar-refractivity contribution is 7.85. The maximum absolute atomic E-state index is 13.1. The van der Waals surface area contributed by atoms with E-state index in [0.717, 1.165) is 6.07 Å². The minimum absolute atomic E-state index is 0.0197. The Bertz CT molecular complexity index is 428. The summed E-state index contributed by atoms with van der Waals surface area (Å²) in [4.78, 5) is 0. The summed E-state index contributed by atoms with van der Waals surface area (Å²) in [6, 6.07) is 3.76. The van der Waals surface area contributed by atoms with Crippen molar-refractivity contribution in [3.8, 4) is 5.75 Å². The van der Waals surface area contributed by atoms with E-state index in [0.29, 0.717) is 0 Å². The molecule has 0 aliphatic rings. The number of benzene rings is 1. The number of hydrogen-bond acceptors (Lipinski definition) is 3. The van der Waals surface area contributed by atoms with Gasteiger partial charge in [0.25, 0.3) is 0 Å². The summed E-state index contributed by atoms with van der Waals surface area (Å²) in [5.74, 6) is -1.79. The lowest BCUT2D eigenvalue weighted by Crippen LogP contribution is -2.02. The molecule has 0 amide bonds. The zero-order chi connectivity index (χ0) is 10.8. The van der Waals surface area contributed by atoms with E-state index < -0.39 is 21.8 Å². The molecule has 0 radical (unpaired) electrons. The Kier molecular flexibility index (Phi) is 3.05. The van der Waals surface area contributed by atoms with Crippen molar-refractivity contribution in [1.82, 2.24) is 0 Å². The van der Waals surface area contributed by atoms with Crippen LogP contribution in [0.5, 0.6) is 5.75 Å². The first-order valence-electron chi connectivity index (χ1n) is 3.68. The third-order valence-corrected chi connectivity index (χ3v) is 2.25. The molecule has 0 atom stereocenters. The molecule has 0 unspecified atom stereocenters. The molecule has 0 aliphatic heterocycles. The Hall–Kier alpha value is -1.17. The van der Waals surface area contributed by atoms with Crippen LogP contribution in [0.3, 0.4) is 0 Å². The second-order valence-electron chi connectivity index (χ2n) is 2.60. The van der Waals surface area contributed by atoms with E-state index in [2.05, 4.69) is 0 Å². The largest absolute Gasteiger partial charge is 0.496 e. The number of hydrogen-bond donors (Lipinski definition) is 0. The third-order valence-electron chi connectivity index (χ3n) is 1.61. The van der Waals surface area contributed by atoms with E-state index in [1.165, 1.54) is 19.2 Å². The first kappa shape index (κ1) is 10.9. The average molecular weight is 222 g/mol. The Morgan fingerprint density at radius 1 is 1.43 bits per heavy atom. The quantitative estimate of drug-likeness (QED) is 0.730. The van der Waals surface area contributed by atoms with Gasteiger partial charge in [-0.15, -0.1) is 3.89 Å². The van der Waals surface area contributed by atoms with E-state index in [-0.39, 0.29) is 11.3 Å². The molecule has 14 heavy (non-hydrogen) atoms. The van der Waals surface area contributed by atoms with Gasteiger partial charge >= 0.3 is 10.2 Å². The molecule has 0 heterocycles. The van der Waals surface area contributed by atoms with Crippen LogP contribution in [-0.4, -0.2) is 15.5 Å². The monoisotopic (exact) mass is 222 g/mol. The van der Waals surface area contributed by atoms with Crippen LogP contribution in [0.1, 0.15) is 5.56 Å². The summed E-state index contributed by atoms with van der Waals surface area (Å²) < 4.78 is 50.7. The molecule has 1 aromatic rings. The molecule has 0 aromatic heterocycles. The molecule has 0 saturated heterocycles. The molecule has 1 aromatic carbocycles. The SMILES string of the molecule is COc1cccc(F)c1CS(=O)(=O)F. The number of rotatable bonds is 3. The standard InChI is InChI=1S/C8H8F2O3S/c1-13-8-4-2-3-7(9)6(8)5-14(10,11)12/h2-4H,5H2,1H3. The third kappa shape index (κ3) is 2.66. The van der Waals surface area contributed by atoms with Crippen molar-refractivity contribution in [1.29, 1.82) is 0 Å². The highest BCUT2D eigenvalue weighted by Crippen LogP contribution is 2.23. The van der Waals surface area contributed by atoms with Gasteiger partial charge < -0.3 is 4.74 Å². The topological polar surface area (TPSA) is 43.4 Å². The fourth-order valence-corrected chi connectivity index (χ4v) is 1.67. The predicted molar refractivity (Wildman–Crippen MR) is 46.7 cm³/mol. The zero-order valence-corrected chi connectivity index (χ0v) is 8.14. The molecule has 0 spiro atoms. The van der Waals surface area contributed by atoms with Crippen LogP contribution in [0.4, 0.5) is 8.28 Å². The van der Waals surface area contributed by atoms with Crippen LogP contribution >= 0.6 is 0 Å². The minimum atomic E-state index is -4.75. The van der Waals surface area contributed by atoms with Crippen LogP contribution in [-0.2, 0) is 16.0 Å². The number of methoxy groups -OCH3 is 1. The van der Waals surface area contributed by atoms with Gasteiger partial charge in [0.05, 0.1) is 7.11 Å². The van der Waals surface area contributed by atoms with Gasteiger partial charge in [0.15, 0.2) is 0 Å². The average Bonchev–Trinajstić information content (AvgIpc) is 2.06. The molecule has 78 valence electrons. The summed E-state index contributed by atoms with van der Waals surface area (Å²) in [6.45, 7) is 0. The van der Waals surface area contributed by atoms with E-state index in [9.17, 15) is 16.7 Å². The van der Waals surface area contributed by atoms with Gasteiger partial charge in [0, 0.05) is 5.56 Å². The first-order chi connectivity index (χ1) is 6.44. The fraction of sp³-hybridized carbons (Fsp3) is 0.250. The molecular formula is C8H8F2O3S. The van der Waals surface area contributed by atoms with Gasteiger partial charge in [-0.2, -0.15) is 8.42 Å². The van der Waals surface area contributed by atoms with Crippen LogP contribution in [0.2, 0.25) is 0 Å². The van der Waals surface area contributed by atoms with E-state index in [1.807, 2.05) is 0 Å². The minimum Gasteiger partial charge on any atom is -0.496 e. The maximum atomic E-state index is 13.1. The molecule has 0 bridgehead atoms. The highest BCUT2D eigenvalue weighted by Gasteiger charge is 2.17. The molecular weight excluding hydrogens is 214 g/mol. The predicted octanol–water partition coefficient (Wildman–Crippen LogP) is 1.63. The Balaban J connectivity index is 3.18. The molecule has 1 rings (SSSR count). The van der Waals surface area contributed by atoms with Gasteiger partial charge in [-0.3, -0.25) is 0 Å². The van der Waals surface area contributed by atoms with Crippen molar-refractivity contribution in [3.05, 3.63) is 29.6 Å². The van der Waals surface area contributed by atoms with Gasteiger partial charge in [0.1, 0.15) is 17.3 Å². The van der Waals surface area contributed by atoms with E-state index in [4.69, 9.17) is 4.74 Å². The van der Waals surface area contributed by atoms with Crippen LogP contribution in [0, 0.1) is 5.82 Å². The highest BCUT2D eigenvalue weighted by atomic mass is 32.3. The summed E-state index contributed by atoms with van der Waals surface area (Å²) in [6.07, 6.45) is 0. The van der Waals surface area contributed by atoms with E-state index in [1.54, 1.807) is 0 Å². The van der Waals surface area contributed by atoms with Gasteiger partial charge in [-0.05, 0) is 12.1 Å².